The van der Waals surface area contributed by atoms with Gasteiger partial charge in [-0.05, 0) is 48.0 Å². The van der Waals surface area contributed by atoms with Crippen LogP contribution in [0, 0.1) is 5.82 Å². The number of carbonyl (C=O) groups is 1. The molecule has 0 bridgehead atoms. The predicted octanol–water partition coefficient (Wildman–Crippen LogP) is 4.61. The van der Waals surface area contributed by atoms with Crippen LogP contribution in [0.15, 0.2) is 60.0 Å². The fraction of sp³-hybridized carbons (Fsp3) is 0.0526. The highest BCUT2D eigenvalue weighted by molar-refractivity contribution is 7.14. The van der Waals surface area contributed by atoms with E-state index >= 15 is 0 Å². The number of nitrogens with zero attached hydrogens (tertiary/aromatic N) is 1. The first-order valence-corrected chi connectivity index (χ1v) is 8.36. The molecule has 2 aromatic carbocycles. The van der Waals surface area contributed by atoms with Gasteiger partial charge in [-0.2, -0.15) is 0 Å². The first kappa shape index (κ1) is 16.9. The smallest absolute Gasteiger partial charge is 0.250 e. The Morgan fingerprint density at radius 2 is 1.88 bits per heavy atom. The molecule has 4 nitrogen and oxygen atoms in total. The average Bonchev–Trinajstić information content (AvgIpc) is 3.09. The second kappa shape index (κ2) is 7.72. The fourth-order valence-corrected chi connectivity index (χ4v) is 2.84. The van der Waals surface area contributed by atoms with E-state index in [-0.39, 0.29) is 11.7 Å². The molecule has 6 heteroatoms. The van der Waals surface area contributed by atoms with Crippen molar-refractivity contribution in [3.63, 3.8) is 0 Å². The van der Waals surface area contributed by atoms with E-state index in [1.807, 2.05) is 29.6 Å². The van der Waals surface area contributed by atoms with E-state index < -0.39 is 0 Å². The lowest BCUT2D eigenvalue weighted by atomic mass is 10.2. The van der Waals surface area contributed by atoms with E-state index in [4.69, 9.17) is 4.74 Å². The predicted molar refractivity (Wildman–Crippen MR) is 98.2 cm³/mol. The molecule has 0 aliphatic rings. The first-order valence-electron chi connectivity index (χ1n) is 7.48. The van der Waals surface area contributed by atoms with Gasteiger partial charge >= 0.3 is 0 Å². The summed E-state index contributed by atoms with van der Waals surface area (Å²) in [5.74, 6) is 0.199. The molecule has 0 saturated carbocycles. The maximum Gasteiger partial charge on any atom is 0.250 e. The number of benzene rings is 2. The van der Waals surface area contributed by atoms with Crippen LogP contribution < -0.4 is 10.1 Å². The highest BCUT2D eigenvalue weighted by atomic mass is 32.1. The van der Waals surface area contributed by atoms with Crippen molar-refractivity contribution in [1.82, 2.24) is 4.98 Å². The molecule has 0 aliphatic carbocycles. The van der Waals surface area contributed by atoms with Gasteiger partial charge in [0.05, 0.1) is 12.8 Å². The first-order chi connectivity index (χ1) is 12.1. The van der Waals surface area contributed by atoms with Crippen molar-refractivity contribution >= 4 is 28.5 Å². The van der Waals surface area contributed by atoms with Crippen LogP contribution in [0.5, 0.6) is 5.75 Å². The maximum absolute atomic E-state index is 13.0. The number of ether oxygens (including phenoxy) is 1. The Labute approximate surface area is 148 Å². The molecule has 1 aromatic heterocycles. The minimum absolute atomic E-state index is 0.268. The van der Waals surface area contributed by atoms with Crippen LogP contribution in [0.3, 0.4) is 0 Å². The van der Waals surface area contributed by atoms with Crippen molar-refractivity contribution in [2.45, 2.75) is 0 Å². The van der Waals surface area contributed by atoms with Gasteiger partial charge in [-0.15, -0.1) is 11.3 Å². The molecule has 0 unspecified atom stereocenters. The van der Waals surface area contributed by atoms with E-state index in [1.165, 1.54) is 29.5 Å². The SMILES string of the molecule is COc1ccc(C=CC(=O)Nc2nc(-c3ccc(F)cc3)cs2)cc1. The maximum atomic E-state index is 13.0. The van der Waals surface area contributed by atoms with E-state index in [2.05, 4.69) is 10.3 Å². The Hall–Kier alpha value is -2.99. The largest absolute Gasteiger partial charge is 0.497 e. The van der Waals surface area contributed by atoms with Gasteiger partial charge in [0, 0.05) is 17.0 Å². The van der Waals surface area contributed by atoms with Crippen molar-refractivity contribution in [2.24, 2.45) is 0 Å². The summed E-state index contributed by atoms with van der Waals surface area (Å²) in [6.45, 7) is 0. The van der Waals surface area contributed by atoms with Gasteiger partial charge in [-0.1, -0.05) is 12.1 Å². The number of nitrogens with one attached hydrogen (secondary N) is 1. The lowest BCUT2D eigenvalue weighted by molar-refractivity contribution is -0.111. The number of hydrogen-bond donors (Lipinski definition) is 1. The summed E-state index contributed by atoms with van der Waals surface area (Å²) in [4.78, 5) is 16.3. The number of aromatic nitrogens is 1. The zero-order chi connectivity index (χ0) is 17.6. The summed E-state index contributed by atoms with van der Waals surface area (Å²) >= 11 is 1.32. The number of amides is 1. The van der Waals surface area contributed by atoms with Crippen molar-refractivity contribution in [3.05, 3.63) is 71.4 Å². The number of thiazole rings is 1. The van der Waals surface area contributed by atoms with Crippen LogP contribution in [-0.2, 0) is 4.79 Å². The number of carbonyl (C=O) groups excluding carboxylic acids is 1. The normalized spacial score (nSPS) is 10.8. The standard InChI is InChI=1S/C19H15FN2O2S/c1-24-16-9-2-13(3-10-16)4-11-18(23)22-19-21-17(12-25-19)14-5-7-15(20)8-6-14/h2-12H,1H3,(H,21,22,23). The molecule has 1 N–H and O–H groups in total. The number of halogens is 1. The molecule has 3 aromatic rings. The van der Waals surface area contributed by atoms with Gasteiger partial charge in [0.2, 0.25) is 5.91 Å². The molecule has 25 heavy (non-hydrogen) atoms. The quantitative estimate of drug-likeness (QED) is 0.681. The Morgan fingerprint density at radius 3 is 2.56 bits per heavy atom. The van der Waals surface area contributed by atoms with Crippen LogP contribution in [0.4, 0.5) is 9.52 Å². The van der Waals surface area contributed by atoms with Crippen LogP contribution in [0.25, 0.3) is 17.3 Å². The Balaban J connectivity index is 1.63. The molecule has 0 radical (unpaired) electrons. The number of methoxy groups -OCH3 is 1. The summed E-state index contributed by atoms with van der Waals surface area (Å²) in [6.07, 6.45) is 3.16. The highest BCUT2D eigenvalue weighted by Gasteiger charge is 2.06. The van der Waals surface area contributed by atoms with Gasteiger partial charge < -0.3 is 4.74 Å². The van der Waals surface area contributed by atoms with Crippen molar-refractivity contribution in [3.8, 4) is 17.0 Å². The van der Waals surface area contributed by atoms with Crippen LogP contribution in [-0.4, -0.2) is 18.0 Å². The Kier molecular flexibility index (Phi) is 5.20. The zero-order valence-corrected chi connectivity index (χ0v) is 14.2. The number of hydrogen-bond acceptors (Lipinski definition) is 4. The highest BCUT2D eigenvalue weighted by Crippen LogP contribution is 2.25. The summed E-state index contributed by atoms with van der Waals surface area (Å²) < 4.78 is 18.0. The second-order valence-electron chi connectivity index (χ2n) is 5.14. The molecule has 0 spiro atoms. The molecule has 1 heterocycles. The van der Waals surface area contributed by atoms with Crippen molar-refractivity contribution in [1.29, 1.82) is 0 Å². The molecule has 126 valence electrons. The summed E-state index contributed by atoms with van der Waals surface area (Å²) in [5, 5.41) is 5.02. The average molecular weight is 354 g/mol. The lowest BCUT2D eigenvalue weighted by Gasteiger charge is -1.99. The second-order valence-corrected chi connectivity index (χ2v) is 6.00. The molecule has 0 fully saturated rings. The van der Waals surface area contributed by atoms with Crippen molar-refractivity contribution in [2.75, 3.05) is 12.4 Å². The monoisotopic (exact) mass is 354 g/mol. The van der Waals surface area contributed by atoms with Crippen LogP contribution in [0.1, 0.15) is 5.56 Å². The third kappa shape index (κ3) is 4.51. The van der Waals surface area contributed by atoms with Crippen LogP contribution in [0.2, 0.25) is 0 Å². The molecule has 0 atom stereocenters. The van der Waals surface area contributed by atoms with E-state index in [1.54, 1.807) is 25.3 Å². The summed E-state index contributed by atoms with van der Waals surface area (Å²) in [5.41, 5.74) is 2.38. The number of rotatable bonds is 5. The third-order valence-corrected chi connectivity index (χ3v) is 4.17. The van der Waals surface area contributed by atoms with E-state index in [0.29, 0.717) is 10.8 Å². The van der Waals surface area contributed by atoms with Crippen LogP contribution >= 0.6 is 11.3 Å². The summed E-state index contributed by atoms with van der Waals surface area (Å²) in [7, 11) is 1.60. The van der Waals surface area contributed by atoms with E-state index in [0.717, 1.165) is 16.9 Å². The van der Waals surface area contributed by atoms with Gasteiger partial charge in [0.25, 0.3) is 0 Å². The summed E-state index contributed by atoms with van der Waals surface area (Å²) in [6, 6.07) is 13.4. The molecule has 0 saturated heterocycles. The molecular weight excluding hydrogens is 339 g/mol. The van der Waals surface area contributed by atoms with Gasteiger partial charge in [0.15, 0.2) is 5.13 Å². The topological polar surface area (TPSA) is 51.2 Å². The molecule has 0 aliphatic heterocycles. The third-order valence-electron chi connectivity index (χ3n) is 3.42. The minimum Gasteiger partial charge on any atom is -0.497 e. The number of anilines is 1. The molecular formula is C19H15FN2O2S. The Bertz CT molecular complexity index is 887. The van der Waals surface area contributed by atoms with E-state index in [9.17, 15) is 9.18 Å². The molecule has 3 rings (SSSR count). The Morgan fingerprint density at radius 1 is 1.16 bits per heavy atom. The van der Waals surface area contributed by atoms with Crippen molar-refractivity contribution < 1.29 is 13.9 Å². The molecule has 1 amide bonds. The minimum atomic E-state index is -0.295. The lowest BCUT2D eigenvalue weighted by Crippen LogP contribution is -2.07. The van der Waals surface area contributed by atoms with Gasteiger partial charge in [-0.3, -0.25) is 10.1 Å². The van der Waals surface area contributed by atoms with Gasteiger partial charge in [-0.25, -0.2) is 9.37 Å². The zero-order valence-electron chi connectivity index (χ0n) is 13.4. The van der Waals surface area contributed by atoms with Gasteiger partial charge in [0.1, 0.15) is 11.6 Å². The fourth-order valence-electron chi connectivity index (χ4n) is 2.12.